The van der Waals surface area contributed by atoms with Crippen molar-refractivity contribution in [3.8, 4) is 11.1 Å². The zero-order chi connectivity index (χ0) is 16.5. The van der Waals surface area contributed by atoms with E-state index in [0.29, 0.717) is 27.8 Å². The number of hydrogen-bond acceptors (Lipinski definition) is 3. The summed E-state index contributed by atoms with van der Waals surface area (Å²) >= 11 is 5.95. The first kappa shape index (κ1) is 15.2. The van der Waals surface area contributed by atoms with Gasteiger partial charge in [-0.1, -0.05) is 36.6 Å². The molecule has 122 valence electrons. The number of hydrogen-bond donors (Lipinski definition) is 2. The highest BCUT2D eigenvalue weighted by Crippen LogP contribution is 2.26. The molecule has 0 amide bonds. The fourth-order valence-electron chi connectivity index (χ4n) is 3.38. The number of nitrogens with one attached hydrogen (secondary N) is 2. The third kappa shape index (κ3) is 2.78. The number of pyridine rings is 2. The lowest BCUT2D eigenvalue weighted by Crippen LogP contribution is -2.18. The number of rotatable bonds is 3. The molecule has 2 heterocycles. The van der Waals surface area contributed by atoms with E-state index >= 15 is 0 Å². The summed E-state index contributed by atoms with van der Waals surface area (Å²) in [5, 5.41) is 4.74. The van der Waals surface area contributed by atoms with Crippen LogP contribution in [0.25, 0.3) is 22.0 Å². The minimum atomic E-state index is -0.0142. The van der Waals surface area contributed by atoms with Crippen LogP contribution in [-0.4, -0.2) is 16.0 Å². The van der Waals surface area contributed by atoms with E-state index in [1.54, 1.807) is 24.5 Å². The number of fused-ring (bicyclic) bond motifs is 1. The van der Waals surface area contributed by atoms with E-state index in [2.05, 4.69) is 15.3 Å². The Morgan fingerprint density at radius 3 is 2.62 bits per heavy atom. The molecule has 1 aliphatic rings. The minimum absolute atomic E-state index is 0.0142. The molecule has 0 atom stereocenters. The van der Waals surface area contributed by atoms with Gasteiger partial charge >= 0.3 is 0 Å². The van der Waals surface area contributed by atoms with E-state index in [0.717, 1.165) is 23.9 Å². The van der Waals surface area contributed by atoms with Gasteiger partial charge in [0.2, 0.25) is 5.43 Å². The summed E-state index contributed by atoms with van der Waals surface area (Å²) in [6.45, 7) is 0. The fraction of sp³-hybridized carbons (Fsp3) is 0.263. The van der Waals surface area contributed by atoms with Gasteiger partial charge < -0.3 is 10.3 Å². The molecule has 4 rings (SSSR count). The molecule has 0 radical (unpaired) electrons. The van der Waals surface area contributed by atoms with Crippen LogP contribution in [0.1, 0.15) is 25.7 Å². The van der Waals surface area contributed by atoms with E-state index in [4.69, 9.17) is 11.6 Å². The first-order valence-electron chi connectivity index (χ1n) is 8.25. The van der Waals surface area contributed by atoms with Crippen molar-refractivity contribution in [2.45, 2.75) is 31.7 Å². The number of nitrogens with zero attached hydrogens (tertiary/aromatic N) is 1. The van der Waals surface area contributed by atoms with Gasteiger partial charge in [-0.3, -0.25) is 4.79 Å². The molecular formula is C19H18ClN3O. The van der Waals surface area contributed by atoms with Gasteiger partial charge in [-0.15, -0.1) is 0 Å². The molecule has 1 saturated carbocycles. The average Bonchev–Trinajstić information content (AvgIpc) is 3.09. The molecule has 4 nitrogen and oxygen atoms in total. The molecular weight excluding hydrogens is 322 g/mol. The summed E-state index contributed by atoms with van der Waals surface area (Å²) in [6.07, 6.45) is 8.22. The van der Waals surface area contributed by atoms with Crippen LogP contribution in [0.5, 0.6) is 0 Å². The molecule has 24 heavy (non-hydrogen) atoms. The first-order chi connectivity index (χ1) is 11.7. The van der Waals surface area contributed by atoms with Gasteiger partial charge in [-0.25, -0.2) is 4.98 Å². The number of anilines is 1. The summed E-state index contributed by atoms with van der Waals surface area (Å²) in [6, 6.07) is 9.55. The van der Waals surface area contributed by atoms with Gasteiger partial charge in [0, 0.05) is 29.0 Å². The summed E-state index contributed by atoms with van der Waals surface area (Å²) in [7, 11) is 0. The lowest BCUT2D eigenvalue weighted by Gasteiger charge is -2.14. The van der Waals surface area contributed by atoms with Crippen molar-refractivity contribution < 1.29 is 0 Å². The molecule has 3 aromatic rings. The van der Waals surface area contributed by atoms with E-state index in [1.807, 2.05) is 18.2 Å². The van der Waals surface area contributed by atoms with Crippen molar-refractivity contribution >= 4 is 28.3 Å². The second-order valence-electron chi connectivity index (χ2n) is 6.25. The van der Waals surface area contributed by atoms with Crippen molar-refractivity contribution in [1.82, 2.24) is 9.97 Å². The predicted octanol–water partition coefficient (Wildman–Crippen LogP) is 4.60. The number of H-pyrrole nitrogens is 1. The van der Waals surface area contributed by atoms with Gasteiger partial charge in [0.1, 0.15) is 5.82 Å². The van der Waals surface area contributed by atoms with Crippen LogP contribution in [0.2, 0.25) is 5.02 Å². The molecule has 0 spiro atoms. The Hall–Kier alpha value is -2.33. The largest absolute Gasteiger partial charge is 0.367 e. The van der Waals surface area contributed by atoms with Crippen molar-refractivity contribution in [2.75, 3.05) is 5.32 Å². The average molecular weight is 340 g/mol. The molecule has 0 saturated heterocycles. The van der Waals surface area contributed by atoms with E-state index < -0.39 is 0 Å². The maximum atomic E-state index is 13.1. The zero-order valence-corrected chi connectivity index (χ0v) is 13.9. The normalized spacial score (nSPS) is 15.0. The number of aromatic amines is 1. The maximum Gasteiger partial charge on any atom is 0.200 e. The quantitative estimate of drug-likeness (QED) is 0.733. The van der Waals surface area contributed by atoms with Crippen LogP contribution in [-0.2, 0) is 0 Å². The highest BCUT2D eigenvalue weighted by molar-refractivity contribution is 6.30. The van der Waals surface area contributed by atoms with Gasteiger partial charge in [0.25, 0.3) is 0 Å². The first-order valence-corrected chi connectivity index (χ1v) is 8.63. The Kier molecular flexibility index (Phi) is 3.98. The standard InChI is InChI=1S/C19H18ClN3O/c20-13-7-5-12(6-8-13)15-11-22-16-9-10-21-19(17(16)18(15)24)23-14-3-1-2-4-14/h5-11,14H,1-4H2,(H,21,23)(H,22,24). The summed E-state index contributed by atoms with van der Waals surface area (Å²) in [5.74, 6) is 0.677. The molecule has 5 heteroatoms. The predicted molar refractivity (Wildman–Crippen MR) is 98.7 cm³/mol. The lowest BCUT2D eigenvalue weighted by atomic mass is 10.0. The SMILES string of the molecule is O=c1c(-c2ccc(Cl)cc2)c[nH]c2ccnc(NC3CCCC3)c12. The third-order valence-electron chi connectivity index (χ3n) is 4.65. The van der Waals surface area contributed by atoms with Gasteiger partial charge in [0.15, 0.2) is 0 Å². The second kappa shape index (κ2) is 6.29. The molecule has 1 fully saturated rings. The van der Waals surface area contributed by atoms with Crippen LogP contribution in [0.15, 0.2) is 47.5 Å². The Morgan fingerprint density at radius 1 is 1.12 bits per heavy atom. The molecule has 2 N–H and O–H groups in total. The van der Waals surface area contributed by atoms with Crippen LogP contribution >= 0.6 is 11.6 Å². The van der Waals surface area contributed by atoms with Crippen molar-refractivity contribution in [2.24, 2.45) is 0 Å². The van der Waals surface area contributed by atoms with Crippen molar-refractivity contribution in [1.29, 1.82) is 0 Å². The highest BCUT2D eigenvalue weighted by Gasteiger charge is 2.18. The Balaban J connectivity index is 1.84. The third-order valence-corrected chi connectivity index (χ3v) is 4.90. The van der Waals surface area contributed by atoms with E-state index in [9.17, 15) is 4.79 Å². The van der Waals surface area contributed by atoms with Crippen LogP contribution < -0.4 is 10.7 Å². The van der Waals surface area contributed by atoms with Gasteiger partial charge in [-0.2, -0.15) is 0 Å². The molecule has 1 aliphatic carbocycles. The Labute approximate surface area is 144 Å². The van der Waals surface area contributed by atoms with Crippen LogP contribution in [0, 0.1) is 0 Å². The molecule has 0 bridgehead atoms. The number of benzene rings is 1. The monoisotopic (exact) mass is 339 g/mol. The van der Waals surface area contributed by atoms with E-state index in [-0.39, 0.29) is 5.43 Å². The topological polar surface area (TPSA) is 57.8 Å². The minimum Gasteiger partial charge on any atom is -0.367 e. The summed E-state index contributed by atoms with van der Waals surface area (Å²) in [5.41, 5.74) is 2.26. The van der Waals surface area contributed by atoms with E-state index in [1.165, 1.54) is 12.8 Å². The molecule has 2 aromatic heterocycles. The van der Waals surface area contributed by atoms with Gasteiger partial charge in [-0.05, 0) is 36.6 Å². The lowest BCUT2D eigenvalue weighted by molar-refractivity contribution is 0.752. The Morgan fingerprint density at radius 2 is 1.88 bits per heavy atom. The maximum absolute atomic E-state index is 13.1. The molecule has 0 unspecified atom stereocenters. The van der Waals surface area contributed by atoms with Crippen molar-refractivity contribution in [3.05, 3.63) is 58.0 Å². The molecule has 1 aromatic carbocycles. The fourth-order valence-corrected chi connectivity index (χ4v) is 3.50. The number of halogens is 1. The zero-order valence-electron chi connectivity index (χ0n) is 13.2. The van der Waals surface area contributed by atoms with Crippen molar-refractivity contribution in [3.63, 3.8) is 0 Å². The number of aromatic nitrogens is 2. The van der Waals surface area contributed by atoms with Gasteiger partial charge in [0.05, 0.1) is 10.9 Å². The summed E-state index contributed by atoms with van der Waals surface area (Å²) < 4.78 is 0. The summed E-state index contributed by atoms with van der Waals surface area (Å²) in [4.78, 5) is 20.7. The molecule has 0 aliphatic heterocycles. The smallest absolute Gasteiger partial charge is 0.200 e. The van der Waals surface area contributed by atoms with Crippen LogP contribution in [0.3, 0.4) is 0 Å². The highest BCUT2D eigenvalue weighted by atomic mass is 35.5. The second-order valence-corrected chi connectivity index (χ2v) is 6.68. The Bertz CT molecular complexity index is 927. The van der Waals surface area contributed by atoms with Crippen LogP contribution in [0.4, 0.5) is 5.82 Å².